The molecule has 0 amide bonds. The normalized spacial score (nSPS) is 15.9. The van der Waals surface area contributed by atoms with Crippen LogP contribution in [-0.2, 0) is 0 Å². The lowest BCUT2D eigenvalue weighted by atomic mass is 9.97. The van der Waals surface area contributed by atoms with E-state index in [1.165, 1.54) is 83.6 Å². The molecular formula is C27H31N3. The molecule has 4 aromatic rings. The number of rotatable bonds is 6. The first-order chi connectivity index (χ1) is 14.8. The molecule has 4 aromatic carbocycles. The lowest BCUT2D eigenvalue weighted by Crippen LogP contribution is -2.44. The van der Waals surface area contributed by atoms with E-state index >= 15 is 0 Å². The maximum atomic E-state index is 3.63. The summed E-state index contributed by atoms with van der Waals surface area (Å²) in [6.07, 6.45) is 2.48. The Morgan fingerprint density at radius 2 is 1.40 bits per heavy atom. The van der Waals surface area contributed by atoms with E-state index in [1.54, 1.807) is 0 Å². The molecule has 1 saturated heterocycles. The number of unbranched alkanes of at least 4 members (excludes halogenated alkanes) is 1. The highest BCUT2D eigenvalue weighted by Gasteiger charge is 2.12. The summed E-state index contributed by atoms with van der Waals surface area (Å²) in [5, 5.41) is 11.6. The second-order valence-electron chi connectivity index (χ2n) is 8.66. The Morgan fingerprint density at radius 3 is 2.23 bits per heavy atom. The van der Waals surface area contributed by atoms with Crippen LogP contribution in [0.2, 0.25) is 0 Å². The summed E-state index contributed by atoms with van der Waals surface area (Å²) in [5.41, 5.74) is 1.22. The minimum absolute atomic E-state index is 1.04. The number of hydrogen-bond acceptors (Lipinski definition) is 3. The van der Waals surface area contributed by atoms with Gasteiger partial charge in [0.2, 0.25) is 0 Å². The van der Waals surface area contributed by atoms with Crippen molar-refractivity contribution in [3.05, 3.63) is 66.7 Å². The van der Waals surface area contributed by atoms with Gasteiger partial charge in [0.15, 0.2) is 0 Å². The average Bonchev–Trinajstić information content (AvgIpc) is 2.79. The molecule has 0 saturated carbocycles. The summed E-state index contributed by atoms with van der Waals surface area (Å²) in [4.78, 5) is 5.02. The molecule has 0 atom stereocenters. The van der Waals surface area contributed by atoms with E-state index < -0.39 is 0 Å². The van der Waals surface area contributed by atoms with Gasteiger partial charge in [-0.3, -0.25) is 0 Å². The molecule has 5 rings (SSSR count). The smallest absolute Gasteiger partial charge is 0.0346 e. The van der Waals surface area contributed by atoms with Crippen LogP contribution in [0, 0.1) is 0 Å². The maximum absolute atomic E-state index is 3.63. The highest BCUT2D eigenvalue weighted by atomic mass is 15.2. The van der Waals surface area contributed by atoms with Crippen LogP contribution in [0.1, 0.15) is 12.8 Å². The molecule has 3 nitrogen and oxygen atoms in total. The lowest BCUT2D eigenvalue weighted by molar-refractivity contribution is 0.152. The fourth-order valence-electron chi connectivity index (χ4n) is 4.70. The summed E-state index contributed by atoms with van der Waals surface area (Å²) < 4.78 is 0. The third-order valence-electron chi connectivity index (χ3n) is 6.57. The Morgan fingerprint density at radius 1 is 0.700 bits per heavy atom. The van der Waals surface area contributed by atoms with Gasteiger partial charge in [0.1, 0.15) is 0 Å². The fraction of sp³-hybridized carbons (Fsp3) is 0.333. The predicted octanol–water partition coefficient (Wildman–Crippen LogP) is 5.59. The third kappa shape index (κ3) is 4.00. The number of likely N-dealkylation sites (N-methyl/N-ethyl adjacent to an activating group) is 1. The Bertz CT molecular complexity index is 1160. The molecule has 0 spiro atoms. The van der Waals surface area contributed by atoms with Crippen LogP contribution in [0.15, 0.2) is 66.7 Å². The van der Waals surface area contributed by atoms with Crippen molar-refractivity contribution in [1.29, 1.82) is 0 Å². The molecule has 0 bridgehead atoms. The molecule has 1 aliphatic heterocycles. The molecule has 0 radical (unpaired) electrons. The number of fused-ring (bicyclic) bond motifs is 5. The van der Waals surface area contributed by atoms with Gasteiger partial charge in [0.05, 0.1) is 0 Å². The van der Waals surface area contributed by atoms with Crippen LogP contribution in [0.25, 0.3) is 32.3 Å². The van der Waals surface area contributed by atoms with Crippen molar-refractivity contribution < 1.29 is 0 Å². The summed E-state index contributed by atoms with van der Waals surface area (Å²) >= 11 is 0. The second-order valence-corrected chi connectivity index (χ2v) is 8.66. The van der Waals surface area contributed by atoms with Crippen LogP contribution in [0.4, 0.5) is 5.69 Å². The highest BCUT2D eigenvalue weighted by Crippen LogP contribution is 2.32. The van der Waals surface area contributed by atoms with Gasteiger partial charge in [-0.1, -0.05) is 54.6 Å². The number of piperazine rings is 1. The quantitative estimate of drug-likeness (QED) is 0.338. The molecule has 30 heavy (non-hydrogen) atoms. The van der Waals surface area contributed by atoms with Crippen molar-refractivity contribution in [2.45, 2.75) is 12.8 Å². The average molecular weight is 398 g/mol. The van der Waals surface area contributed by atoms with E-state index in [1.807, 2.05) is 0 Å². The van der Waals surface area contributed by atoms with Crippen molar-refractivity contribution in [3.8, 4) is 0 Å². The number of nitrogens with zero attached hydrogens (tertiary/aromatic N) is 2. The Balaban J connectivity index is 1.24. The summed E-state index contributed by atoms with van der Waals surface area (Å²) in [6.45, 7) is 7.12. The molecule has 0 unspecified atom stereocenters. The van der Waals surface area contributed by atoms with Crippen LogP contribution in [-0.4, -0.2) is 56.1 Å². The second kappa shape index (κ2) is 8.63. The molecule has 1 aliphatic rings. The van der Waals surface area contributed by atoms with E-state index in [9.17, 15) is 0 Å². The minimum Gasteiger partial charge on any atom is -0.385 e. The van der Waals surface area contributed by atoms with Crippen molar-refractivity contribution in [2.24, 2.45) is 0 Å². The minimum atomic E-state index is 1.04. The van der Waals surface area contributed by atoms with Crippen LogP contribution >= 0.6 is 0 Å². The van der Waals surface area contributed by atoms with Gasteiger partial charge in [-0.15, -0.1) is 0 Å². The zero-order valence-electron chi connectivity index (χ0n) is 17.9. The molecule has 0 aliphatic carbocycles. The molecule has 0 aromatic heterocycles. The Hall–Kier alpha value is -2.62. The number of benzene rings is 4. The van der Waals surface area contributed by atoms with Crippen LogP contribution in [0.3, 0.4) is 0 Å². The number of anilines is 1. The Labute approximate surface area is 179 Å². The van der Waals surface area contributed by atoms with Gasteiger partial charge < -0.3 is 15.1 Å². The molecular weight excluding hydrogens is 366 g/mol. The summed E-state index contributed by atoms with van der Waals surface area (Å²) in [5.74, 6) is 0. The van der Waals surface area contributed by atoms with E-state index in [0.29, 0.717) is 0 Å². The molecule has 3 heteroatoms. The van der Waals surface area contributed by atoms with Crippen molar-refractivity contribution in [2.75, 3.05) is 51.6 Å². The summed E-state index contributed by atoms with van der Waals surface area (Å²) in [7, 11) is 2.22. The van der Waals surface area contributed by atoms with E-state index in [2.05, 4.69) is 88.9 Å². The number of hydrogen-bond donors (Lipinski definition) is 1. The van der Waals surface area contributed by atoms with Gasteiger partial charge in [0.25, 0.3) is 0 Å². The SMILES string of the molecule is CN1CCN(CCCCNc2ccc3c(ccc4c5ccccc5ccc34)c2)CC1. The molecule has 1 N–H and O–H groups in total. The maximum Gasteiger partial charge on any atom is 0.0346 e. The first-order valence-electron chi connectivity index (χ1n) is 11.3. The van der Waals surface area contributed by atoms with Crippen molar-refractivity contribution in [3.63, 3.8) is 0 Å². The largest absolute Gasteiger partial charge is 0.385 e. The van der Waals surface area contributed by atoms with Gasteiger partial charge in [-0.25, -0.2) is 0 Å². The van der Waals surface area contributed by atoms with E-state index in [-0.39, 0.29) is 0 Å². The first-order valence-corrected chi connectivity index (χ1v) is 11.3. The monoisotopic (exact) mass is 397 g/mol. The fourth-order valence-corrected chi connectivity index (χ4v) is 4.70. The lowest BCUT2D eigenvalue weighted by Gasteiger charge is -2.32. The Kier molecular flexibility index (Phi) is 5.56. The van der Waals surface area contributed by atoms with Gasteiger partial charge in [-0.05, 0) is 70.9 Å². The van der Waals surface area contributed by atoms with Gasteiger partial charge in [-0.2, -0.15) is 0 Å². The predicted molar refractivity (Wildman–Crippen MR) is 131 cm³/mol. The highest BCUT2D eigenvalue weighted by molar-refractivity contribution is 6.17. The standard InChI is InChI=1S/C27H31N3/c1-29-16-18-30(19-17-29)15-5-4-14-28-23-10-13-25-22(20-23)9-12-26-24-7-3-2-6-21(24)8-11-27(25)26/h2-3,6-13,20,28H,4-5,14-19H2,1H3. The van der Waals surface area contributed by atoms with Crippen molar-refractivity contribution >= 4 is 38.0 Å². The zero-order chi connectivity index (χ0) is 20.3. The first kappa shape index (κ1) is 19.3. The molecule has 1 fully saturated rings. The number of nitrogens with one attached hydrogen (secondary N) is 1. The zero-order valence-corrected chi connectivity index (χ0v) is 17.9. The van der Waals surface area contributed by atoms with Crippen LogP contribution in [0.5, 0.6) is 0 Å². The van der Waals surface area contributed by atoms with Gasteiger partial charge in [0, 0.05) is 38.4 Å². The molecule has 1 heterocycles. The van der Waals surface area contributed by atoms with E-state index in [4.69, 9.17) is 0 Å². The van der Waals surface area contributed by atoms with E-state index in [0.717, 1.165) is 6.54 Å². The topological polar surface area (TPSA) is 18.5 Å². The van der Waals surface area contributed by atoms with Gasteiger partial charge >= 0.3 is 0 Å². The van der Waals surface area contributed by atoms with Crippen LogP contribution < -0.4 is 5.32 Å². The summed E-state index contributed by atoms with van der Waals surface area (Å²) in [6, 6.07) is 24.5. The van der Waals surface area contributed by atoms with Crippen molar-refractivity contribution in [1.82, 2.24) is 9.80 Å². The third-order valence-corrected chi connectivity index (χ3v) is 6.57. The molecule has 154 valence electrons.